The van der Waals surface area contributed by atoms with Gasteiger partial charge in [-0.2, -0.15) is 0 Å². The second-order valence-electron chi connectivity index (χ2n) is 8.42. The molecule has 1 saturated heterocycles. The number of hydrogen-bond acceptors (Lipinski definition) is 5. The van der Waals surface area contributed by atoms with Crippen LogP contribution < -0.4 is 5.32 Å². The number of aromatic amines is 1. The Morgan fingerprint density at radius 1 is 1.00 bits per heavy atom. The van der Waals surface area contributed by atoms with Crippen molar-refractivity contribution in [3.8, 4) is 22.5 Å². The van der Waals surface area contributed by atoms with Gasteiger partial charge in [0.15, 0.2) is 5.82 Å². The fourth-order valence-electron chi connectivity index (χ4n) is 3.82. The van der Waals surface area contributed by atoms with E-state index in [-0.39, 0.29) is 24.9 Å². The van der Waals surface area contributed by atoms with E-state index in [4.69, 9.17) is 14.5 Å². The van der Waals surface area contributed by atoms with Gasteiger partial charge in [-0.25, -0.2) is 9.37 Å². The number of imidazole rings is 1. The van der Waals surface area contributed by atoms with E-state index >= 15 is 0 Å². The number of H-pyrrole nitrogens is 1. The number of aromatic nitrogens is 3. The zero-order valence-corrected chi connectivity index (χ0v) is 18.5. The minimum atomic E-state index is -0.739. The van der Waals surface area contributed by atoms with E-state index in [9.17, 15) is 9.18 Å². The van der Waals surface area contributed by atoms with E-state index in [1.54, 1.807) is 36.7 Å². The van der Waals surface area contributed by atoms with Crippen LogP contribution in [-0.2, 0) is 9.47 Å². The van der Waals surface area contributed by atoms with Crippen molar-refractivity contribution in [2.75, 3.05) is 13.2 Å². The molecule has 3 heterocycles. The maximum absolute atomic E-state index is 13.5. The third kappa shape index (κ3) is 4.59. The summed E-state index contributed by atoms with van der Waals surface area (Å²) in [6.07, 6.45) is 2.65. The Bertz CT molecular complexity index is 1270. The molecule has 34 heavy (non-hydrogen) atoms. The monoisotopic (exact) mass is 458 g/mol. The molecule has 1 aliphatic heterocycles. The van der Waals surface area contributed by atoms with Gasteiger partial charge in [0.05, 0.1) is 30.1 Å². The smallest absolute Gasteiger partial charge is 0.251 e. The third-order valence-electron chi connectivity index (χ3n) is 5.59. The Labute approximate surface area is 196 Å². The Kier molecular flexibility index (Phi) is 5.91. The van der Waals surface area contributed by atoms with Crippen molar-refractivity contribution in [3.63, 3.8) is 0 Å². The predicted octanol–water partition coefficient (Wildman–Crippen LogP) is 4.51. The standard InChI is InChI=1S/C26H23FN4O3/c1-26(31-24(32)19-5-3-2-4-6-19)15-33-25(34-16-26)23-29-21(17-7-9-20(27)10-8-17)22(30-23)18-11-13-28-14-12-18/h2-14,25H,15-16H2,1H3,(H,29,30)(H,31,32). The minimum absolute atomic E-state index is 0.190. The zero-order chi connectivity index (χ0) is 23.5. The molecule has 0 aliphatic carbocycles. The van der Waals surface area contributed by atoms with Crippen molar-refractivity contribution in [1.29, 1.82) is 0 Å². The second-order valence-corrected chi connectivity index (χ2v) is 8.42. The lowest BCUT2D eigenvalue weighted by Gasteiger charge is -2.37. The van der Waals surface area contributed by atoms with Gasteiger partial charge in [-0.05, 0) is 55.5 Å². The van der Waals surface area contributed by atoms with Crippen LogP contribution in [0.15, 0.2) is 79.1 Å². The number of ether oxygens (including phenoxy) is 2. The van der Waals surface area contributed by atoms with Gasteiger partial charge in [-0.15, -0.1) is 0 Å². The van der Waals surface area contributed by atoms with Crippen LogP contribution >= 0.6 is 0 Å². The van der Waals surface area contributed by atoms with Crippen molar-refractivity contribution >= 4 is 5.91 Å². The number of nitrogens with zero attached hydrogens (tertiary/aromatic N) is 2. The number of benzene rings is 2. The molecular weight excluding hydrogens is 435 g/mol. The molecule has 1 amide bonds. The lowest BCUT2D eigenvalue weighted by molar-refractivity contribution is -0.215. The number of amides is 1. The van der Waals surface area contributed by atoms with E-state index in [2.05, 4.69) is 15.3 Å². The molecule has 2 N–H and O–H groups in total. The van der Waals surface area contributed by atoms with Gasteiger partial charge in [0.25, 0.3) is 5.91 Å². The van der Waals surface area contributed by atoms with E-state index in [0.29, 0.717) is 17.1 Å². The number of pyridine rings is 1. The average Bonchev–Trinajstić information content (AvgIpc) is 3.31. The van der Waals surface area contributed by atoms with Crippen LogP contribution in [0.5, 0.6) is 0 Å². The second kappa shape index (κ2) is 9.17. The largest absolute Gasteiger partial charge is 0.343 e. The first-order valence-corrected chi connectivity index (χ1v) is 10.9. The molecule has 7 nitrogen and oxygen atoms in total. The molecule has 2 aromatic carbocycles. The molecule has 0 bridgehead atoms. The van der Waals surface area contributed by atoms with E-state index < -0.39 is 11.8 Å². The molecule has 172 valence electrons. The molecule has 8 heteroatoms. The van der Waals surface area contributed by atoms with Gasteiger partial charge in [0.2, 0.25) is 6.29 Å². The summed E-state index contributed by atoms with van der Waals surface area (Å²) < 4.78 is 25.4. The predicted molar refractivity (Wildman–Crippen MR) is 124 cm³/mol. The summed E-state index contributed by atoms with van der Waals surface area (Å²) >= 11 is 0. The maximum Gasteiger partial charge on any atom is 0.251 e. The summed E-state index contributed by atoms with van der Waals surface area (Å²) in [6.45, 7) is 2.36. The molecule has 1 aliphatic rings. The third-order valence-corrected chi connectivity index (χ3v) is 5.59. The fourth-order valence-corrected chi connectivity index (χ4v) is 3.82. The summed E-state index contributed by atoms with van der Waals surface area (Å²) in [5, 5.41) is 3.00. The Hall–Kier alpha value is -3.88. The number of hydrogen-bond donors (Lipinski definition) is 2. The summed E-state index contributed by atoms with van der Waals surface area (Å²) in [4.78, 5) is 24.7. The van der Waals surface area contributed by atoms with Crippen LogP contribution in [-0.4, -0.2) is 39.6 Å². The first-order chi connectivity index (χ1) is 16.5. The van der Waals surface area contributed by atoms with Gasteiger partial charge < -0.3 is 19.8 Å². The maximum atomic E-state index is 13.5. The van der Waals surface area contributed by atoms with Gasteiger partial charge in [0, 0.05) is 29.1 Å². The Morgan fingerprint density at radius 2 is 1.68 bits per heavy atom. The molecular formula is C26H23FN4O3. The average molecular weight is 458 g/mol. The quantitative estimate of drug-likeness (QED) is 0.459. The topological polar surface area (TPSA) is 89.1 Å². The highest BCUT2D eigenvalue weighted by molar-refractivity contribution is 5.94. The van der Waals surface area contributed by atoms with Crippen molar-refractivity contribution < 1.29 is 18.7 Å². The molecule has 4 aromatic rings. The number of nitrogens with one attached hydrogen (secondary N) is 2. The summed E-state index contributed by atoms with van der Waals surface area (Å²) in [6, 6.07) is 18.9. The summed E-state index contributed by atoms with van der Waals surface area (Å²) in [5.41, 5.74) is 2.92. The first-order valence-electron chi connectivity index (χ1n) is 10.9. The zero-order valence-electron chi connectivity index (χ0n) is 18.5. The van der Waals surface area contributed by atoms with Crippen LogP contribution in [0.1, 0.15) is 29.4 Å². The Balaban J connectivity index is 1.36. The van der Waals surface area contributed by atoms with Crippen LogP contribution in [0, 0.1) is 5.82 Å². The normalized spacial score (nSPS) is 20.1. The van der Waals surface area contributed by atoms with Gasteiger partial charge >= 0.3 is 0 Å². The lowest BCUT2D eigenvalue weighted by Crippen LogP contribution is -2.55. The van der Waals surface area contributed by atoms with Crippen LogP contribution in [0.2, 0.25) is 0 Å². The highest BCUT2D eigenvalue weighted by atomic mass is 19.1. The molecule has 0 unspecified atom stereocenters. The minimum Gasteiger partial charge on any atom is -0.343 e. The van der Waals surface area contributed by atoms with Crippen molar-refractivity contribution in [2.24, 2.45) is 0 Å². The highest BCUT2D eigenvalue weighted by Crippen LogP contribution is 2.34. The molecule has 0 spiro atoms. The number of carbonyl (C=O) groups is 1. The van der Waals surface area contributed by atoms with E-state index in [1.807, 2.05) is 37.3 Å². The fraction of sp³-hybridized carbons (Fsp3) is 0.192. The van der Waals surface area contributed by atoms with Crippen LogP contribution in [0.3, 0.4) is 0 Å². The van der Waals surface area contributed by atoms with Crippen LogP contribution in [0.25, 0.3) is 22.5 Å². The van der Waals surface area contributed by atoms with Gasteiger partial charge in [-0.1, -0.05) is 18.2 Å². The van der Waals surface area contributed by atoms with E-state index in [1.165, 1.54) is 12.1 Å². The first kappa shape index (κ1) is 21.9. The highest BCUT2D eigenvalue weighted by Gasteiger charge is 2.36. The van der Waals surface area contributed by atoms with Gasteiger partial charge in [0.1, 0.15) is 5.82 Å². The van der Waals surface area contributed by atoms with Crippen molar-refractivity contribution in [2.45, 2.75) is 18.8 Å². The molecule has 0 radical (unpaired) electrons. The van der Waals surface area contributed by atoms with Crippen LogP contribution in [0.4, 0.5) is 4.39 Å². The number of halogens is 1. The molecule has 2 aromatic heterocycles. The van der Waals surface area contributed by atoms with Gasteiger partial charge in [-0.3, -0.25) is 9.78 Å². The SMILES string of the molecule is CC1(NC(=O)c2ccccc2)COC(c2nc(-c3ccc(F)cc3)c(-c3ccncc3)[nH]2)OC1. The Morgan fingerprint density at radius 3 is 2.35 bits per heavy atom. The summed E-state index contributed by atoms with van der Waals surface area (Å²) in [5.74, 6) is -0.0198. The molecule has 5 rings (SSSR count). The molecule has 0 saturated carbocycles. The van der Waals surface area contributed by atoms with E-state index in [0.717, 1.165) is 16.8 Å². The summed E-state index contributed by atoms with van der Waals surface area (Å²) in [7, 11) is 0. The molecule has 1 fully saturated rings. The lowest BCUT2D eigenvalue weighted by atomic mass is 10.0. The van der Waals surface area contributed by atoms with Crippen molar-refractivity contribution in [3.05, 3.63) is 96.3 Å². The van der Waals surface area contributed by atoms with Crippen molar-refractivity contribution in [1.82, 2.24) is 20.3 Å². The molecule has 0 atom stereocenters. The number of rotatable bonds is 5. The number of carbonyl (C=O) groups excluding carboxylic acids is 1.